The summed E-state index contributed by atoms with van der Waals surface area (Å²) in [4.78, 5) is 88.9. The van der Waals surface area contributed by atoms with E-state index in [-0.39, 0.29) is 13.0 Å². The molecule has 1 aromatic carbocycles. The standard InChI is InChI=1S/C38H51ClN2O14/c1-7-8-9-10-11-12-13-14-19-51-38(37(48)49-6)21-30(52-25(3)43)34(41-33(47)23-50-24(2)42)36(55-38)35(54-27(5)45)31(53-26(4)44)22-40-32(46)20-28-15-17-29(39)18-16-28/h1,15-18,30-31,34-36H,8-14,19-23H2,2-6H3,(H,40,46)(H,41,47)/t30-,31+,34+,35+,36+,38+/m0/s1. The molecule has 2 rings (SSSR count). The van der Waals surface area contributed by atoms with Crippen LogP contribution in [-0.2, 0) is 73.1 Å². The van der Waals surface area contributed by atoms with Crippen molar-refractivity contribution < 1.29 is 66.7 Å². The molecule has 0 unspecified atom stereocenters. The summed E-state index contributed by atoms with van der Waals surface area (Å²) in [6, 6.07) is 5.06. The number of carbonyl (C=O) groups excluding carboxylic acids is 7. The van der Waals surface area contributed by atoms with E-state index in [1.165, 1.54) is 0 Å². The molecular formula is C38H51ClN2O14. The summed E-state index contributed by atoms with van der Waals surface area (Å²) in [5, 5.41) is 5.69. The van der Waals surface area contributed by atoms with Gasteiger partial charge in [0.25, 0.3) is 11.7 Å². The summed E-state index contributed by atoms with van der Waals surface area (Å²) < 4.78 is 39.3. The van der Waals surface area contributed by atoms with Gasteiger partial charge in [-0.25, -0.2) is 4.79 Å². The summed E-state index contributed by atoms with van der Waals surface area (Å²) in [5.74, 6) is -5.51. The van der Waals surface area contributed by atoms with Crippen LogP contribution in [0.1, 0.15) is 84.6 Å². The van der Waals surface area contributed by atoms with E-state index in [4.69, 9.17) is 51.2 Å². The van der Waals surface area contributed by atoms with E-state index < -0.39 is 97.5 Å². The lowest BCUT2D eigenvalue weighted by Gasteiger charge is -2.48. The highest BCUT2D eigenvalue weighted by molar-refractivity contribution is 6.30. The van der Waals surface area contributed by atoms with E-state index in [0.717, 1.165) is 66.9 Å². The molecule has 0 bridgehead atoms. The molecule has 0 saturated carbocycles. The van der Waals surface area contributed by atoms with Crippen LogP contribution < -0.4 is 10.6 Å². The molecule has 0 spiro atoms. The summed E-state index contributed by atoms with van der Waals surface area (Å²) in [6.45, 7) is 3.05. The number of methoxy groups -OCH3 is 1. The number of unbranched alkanes of at least 4 members (excludes halogenated alkanes) is 6. The quantitative estimate of drug-likeness (QED) is 0.0749. The van der Waals surface area contributed by atoms with Crippen LogP contribution in [0.2, 0.25) is 5.02 Å². The molecule has 2 amide bonds. The van der Waals surface area contributed by atoms with E-state index in [2.05, 4.69) is 16.6 Å². The number of hydrogen-bond donors (Lipinski definition) is 2. The first-order valence-electron chi connectivity index (χ1n) is 17.9. The van der Waals surface area contributed by atoms with Gasteiger partial charge in [-0.3, -0.25) is 28.8 Å². The van der Waals surface area contributed by atoms with Crippen LogP contribution in [0, 0.1) is 12.3 Å². The average molecular weight is 795 g/mol. The van der Waals surface area contributed by atoms with Crippen LogP contribution >= 0.6 is 11.6 Å². The van der Waals surface area contributed by atoms with Gasteiger partial charge in [-0.1, -0.05) is 49.4 Å². The van der Waals surface area contributed by atoms with Gasteiger partial charge in [0.1, 0.15) is 12.2 Å². The number of amides is 2. The van der Waals surface area contributed by atoms with Gasteiger partial charge < -0.3 is 43.8 Å². The third-order valence-corrected chi connectivity index (χ3v) is 8.49. The third kappa shape index (κ3) is 16.7. The van der Waals surface area contributed by atoms with Crippen molar-refractivity contribution in [1.82, 2.24) is 10.6 Å². The topological polar surface area (TPSA) is 208 Å². The Hall–Kier alpha value is -4.72. The zero-order chi connectivity index (χ0) is 41.0. The minimum Gasteiger partial charge on any atom is -0.465 e. The predicted octanol–water partition coefficient (Wildman–Crippen LogP) is 2.88. The maximum absolute atomic E-state index is 13.6. The molecule has 16 nitrogen and oxygen atoms in total. The molecule has 0 aromatic heterocycles. The van der Waals surface area contributed by atoms with E-state index in [9.17, 15) is 33.6 Å². The van der Waals surface area contributed by atoms with Gasteiger partial charge in [0.15, 0.2) is 18.8 Å². The number of carbonyl (C=O) groups is 7. The number of halogens is 1. The van der Waals surface area contributed by atoms with Gasteiger partial charge in [-0.15, -0.1) is 12.3 Å². The first-order valence-corrected chi connectivity index (χ1v) is 18.3. The molecule has 17 heteroatoms. The van der Waals surface area contributed by atoms with Crippen LogP contribution in [0.4, 0.5) is 0 Å². The molecule has 0 radical (unpaired) electrons. The van der Waals surface area contributed by atoms with Crippen LogP contribution in [0.3, 0.4) is 0 Å². The van der Waals surface area contributed by atoms with Crippen molar-refractivity contribution in [3.63, 3.8) is 0 Å². The van der Waals surface area contributed by atoms with Gasteiger partial charge in [0, 0.05) is 39.1 Å². The van der Waals surface area contributed by atoms with E-state index in [1.54, 1.807) is 24.3 Å². The number of ether oxygens (including phenoxy) is 7. The Bertz CT molecular complexity index is 1510. The molecule has 55 heavy (non-hydrogen) atoms. The largest absolute Gasteiger partial charge is 0.465 e. The molecule has 1 aromatic rings. The number of benzene rings is 1. The summed E-state index contributed by atoms with van der Waals surface area (Å²) in [5.41, 5.74) is 0.613. The van der Waals surface area contributed by atoms with Crippen molar-refractivity contribution in [2.45, 2.75) is 122 Å². The van der Waals surface area contributed by atoms with Gasteiger partial charge in [0.05, 0.1) is 39.1 Å². The van der Waals surface area contributed by atoms with Crippen LogP contribution in [0.5, 0.6) is 0 Å². The summed E-state index contributed by atoms with van der Waals surface area (Å²) >= 11 is 5.96. The normalized spacial score (nSPS) is 20.1. The molecule has 1 aliphatic rings. The second-order valence-corrected chi connectivity index (χ2v) is 13.2. The minimum absolute atomic E-state index is 0.0329. The van der Waals surface area contributed by atoms with Gasteiger partial charge in [-0.05, 0) is 30.5 Å². The Labute approximate surface area is 325 Å². The fourth-order valence-electron chi connectivity index (χ4n) is 5.87. The molecule has 1 saturated heterocycles. The Morgan fingerprint density at radius 1 is 0.891 bits per heavy atom. The van der Waals surface area contributed by atoms with Crippen molar-refractivity contribution in [2.24, 2.45) is 0 Å². The smallest absolute Gasteiger partial charge is 0.366 e. The Balaban J connectivity index is 2.57. The number of nitrogens with one attached hydrogen (secondary N) is 2. The number of rotatable bonds is 22. The molecule has 1 heterocycles. The van der Waals surface area contributed by atoms with Crippen molar-refractivity contribution in [2.75, 3.05) is 26.9 Å². The Morgan fingerprint density at radius 3 is 2.11 bits per heavy atom. The minimum atomic E-state index is -2.31. The zero-order valence-corrected chi connectivity index (χ0v) is 32.6. The molecule has 6 atom stereocenters. The van der Waals surface area contributed by atoms with Crippen molar-refractivity contribution in [1.29, 1.82) is 0 Å². The second-order valence-electron chi connectivity index (χ2n) is 12.8. The fraction of sp³-hybridized carbons (Fsp3) is 0.605. The Kier molecular flexibility index (Phi) is 20.2. The van der Waals surface area contributed by atoms with Crippen molar-refractivity contribution in [3.8, 4) is 12.3 Å². The van der Waals surface area contributed by atoms with Crippen LogP contribution in [0.25, 0.3) is 0 Å². The lowest BCUT2D eigenvalue weighted by Crippen LogP contribution is -2.70. The second kappa shape index (κ2) is 23.9. The average Bonchev–Trinajstić information content (AvgIpc) is 3.12. The summed E-state index contributed by atoms with van der Waals surface area (Å²) in [7, 11) is 1.08. The van der Waals surface area contributed by atoms with Gasteiger partial charge in [0.2, 0.25) is 5.91 Å². The van der Waals surface area contributed by atoms with E-state index >= 15 is 0 Å². The first kappa shape index (κ1) is 46.4. The number of hydrogen-bond acceptors (Lipinski definition) is 14. The molecule has 0 aliphatic carbocycles. The highest BCUT2D eigenvalue weighted by Crippen LogP contribution is 2.37. The lowest BCUT2D eigenvalue weighted by atomic mass is 9.87. The van der Waals surface area contributed by atoms with Crippen molar-refractivity contribution >= 4 is 53.3 Å². The third-order valence-electron chi connectivity index (χ3n) is 8.24. The molecule has 304 valence electrons. The maximum Gasteiger partial charge on any atom is 0.366 e. The SMILES string of the molecule is C#CCCCCCCCCO[C@]1(C(=O)OC)C[C@H](OC(C)=O)[C@@H](NC(=O)COC(C)=O)[C@H]([C@H](OC(C)=O)[C@@H](CNC(=O)Cc2ccc(Cl)cc2)OC(C)=O)O1. The molecular weight excluding hydrogens is 744 g/mol. The van der Waals surface area contributed by atoms with Crippen LogP contribution in [-0.4, -0.2) is 105 Å². The zero-order valence-electron chi connectivity index (χ0n) is 31.9. The first-order chi connectivity index (χ1) is 26.1. The van der Waals surface area contributed by atoms with Crippen LogP contribution in [0.15, 0.2) is 24.3 Å². The molecule has 2 N–H and O–H groups in total. The van der Waals surface area contributed by atoms with E-state index in [1.807, 2.05) is 0 Å². The van der Waals surface area contributed by atoms with E-state index in [0.29, 0.717) is 23.4 Å². The lowest BCUT2D eigenvalue weighted by molar-refractivity contribution is -0.313. The van der Waals surface area contributed by atoms with Crippen molar-refractivity contribution in [3.05, 3.63) is 34.9 Å². The Morgan fingerprint density at radius 2 is 1.53 bits per heavy atom. The number of terminal acetylenes is 1. The molecule has 1 fully saturated rings. The maximum atomic E-state index is 13.6. The number of esters is 5. The summed E-state index contributed by atoms with van der Waals surface area (Å²) in [6.07, 6.45) is 3.91. The predicted molar refractivity (Wildman–Crippen MR) is 195 cm³/mol. The van der Waals surface area contributed by atoms with Gasteiger partial charge >= 0.3 is 29.8 Å². The van der Waals surface area contributed by atoms with Gasteiger partial charge in [-0.2, -0.15) is 0 Å². The molecule has 1 aliphatic heterocycles. The highest BCUT2D eigenvalue weighted by Gasteiger charge is 2.59. The monoisotopic (exact) mass is 794 g/mol. The highest BCUT2D eigenvalue weighted by atomic mass is 35.5. The fourth-order valence-corrected chi connectivity index (χ4v) is 6.00.